The fraction of sp³-hybridized carbons (Fsp3) is 0.222. The van der Waals surface area contributed by atoms with Crippen LogP contribution < -0.4 is 0 Å². The van der Waals surface area contributed by atoms with E-state index < -0.39 is 5.97 Å². The van der Waals surface area contributed by atoms with Crippen molar-refractivity contribution in [3.05, 3.63) is 29.7 Å². The topological polar surface area (TPSA) is 67.5 Å². The minimum atomic E-state index is -0.900. The first-order valence-electron chi connectivity index (χ1n) is 4.20. The average molecular weight is 191 g/mol. The number of pyridine rings is 1. The van der Waals surface area contributed by atoms with Crippen molar-refractivity contribution in [2.45, 2.75) is 13.3 Å². The molecule has 0 radical (unpaired) electrons. The molecule has 2 aromatic rings. The first-order chi connectivity index (χ1) is 6.68. The van der Waals surface area contributed by atoms with Crippen molar-refractivity contribution in [1.29, 1.82) is 0 Å². The summed E-state index contributed by atoms with van der Waals surface area (Å²) >= 11 is 0. The van der Waals surface area contributed by atoms with Gasteiger partial charge >= 0.3 is 5.97 Å². The Morgan fingerprint density at radius 1 is 1.50 bits per heavy atom. The zero-order valence-electron chi connectivity index (χ0n) is 7.64. The standard InChI is InChI=1S/C9H9N3O2/c1-6-3-2-4-7-10-11-8(12(6)7)5-9(13)14/h2-4H,5H2,1H3,(H,13,14). The molecular weight excluding hydrogens is 182 g/mol. The lowest BCUT2D eigenvalue weighted by Crippen LogP contribution is -2.06. The number of carboxylic acids is 1. The van der Waals surface area contributed by atoms with Crippen LogP contribution in [0.15, 0.2) is 18.2 Å². The van der Waals surface area contributed by atoms with Crippen LogP contribution in [0.4, 0.5) is 0 Å². The van der Waals surface area contributed by atoms with Crippen molar-refractivity contribution in [2.75, 3.05) is 0 Å². The highest BCUT2D eigenvalue weighted by molar-refractivity contribution is 5.69. The first kappa shape index (κ1) is 8.68. The van der Waals surface area contributed by atoms with Gasteiger partial charge in [0.2, 0.25) is 0 Å². The molecule has 2 rings (SSSR count). The van der Waals surface area contributed by atoms with Gasteiger partial charge in [-0.2, -0.15) is 0 Å². The van der Waals surface area contributed by atoms with Gasteiger partial charge in [-0.25, -0.2) is 0 Å². The number of fused-ring (bicyclic) bond motifs is 1. The number of carbonyl (C=O) groups is 1. The highest BCUT2D eigenvalue weighted by Crippen LogP contribution is 2.07. The van der Waals surface area contributed by atoms with Crippen LogP contribution in [0.1, 0.15) is 11.5 Å². The number of aromatic nitrogens is 3. The largest absolute Gasteiger partial charge is 0.481 e. The summed E-state index contributed by atoms with van der Waals surface area (Å²) in [6.45, 7) is 1.89. The summed E-state index contributed by atoms with van der Waals surface area (Å²) in [6.07, 6.45) is -0.105. The van der Waals surface area contributed by atoms with Crippen LogP contribution in [0.2, 0.25) is 0 Å². The molecule has 0 spiro atoms. The molecule has 0 saturated carbocycles. The number of hydrogen-bond acceptors (Lipinski definition) is 3. The lowest BCUT2D eigenvalue weighted by atomic mass is 10.3. The molecule has 0 bridgehead atoms. The normalized spacial score (nSPS) is 10.6. The van der Waals surface area contributed by atoms with Gasteiger partial charge in [0, 0.05) is 5.69 Å². The number of carboxylic acid groups (broad SMARTS) is 1. The van der Waals surface area contributed by atoms with E-state index in [4.69, 9.17) is 5.11 Å². The molecule has 0 atom stereocenters. The second-order valence-corrected chi connectivity index (χ2v) is 3.05. The monoisotopic (exact) mass is 191 g/mol. The van der Waals surface area contributed by atoms with E-state index in [1.165, 1.54) is 0 Å². The van der Waals surface area contributed by atoms with Crippen molar-refractivity contribution in [3.63, 3.8) is 0 Å². The molecule has 5 nitrogen and oxygen atoms in total. The molecule has 0 aliphatic carbocycles. The van der Waals surface area contributed by atoms with Crippen LogP contribution in [-0.4, -0.2) is 25.7 Å². The van der Waals surface area contributed by atoms with E-state index in [1.807, 2.05) is 19.1 Å². The van der Waals surface area contributed by atoms with Gasteiger partial charge in [-0.15, -0.1) is 10.2 Å². The van der Waals surface area contributed by atoms with E-state index in [0.717, 1.165) is 5.69 Å². The molecule has 5 heteroatoms. The lowest BCUT2D eigenvalue weighted by Gasteiger charge is -2.00. The average Bonchev–Trinajstić information content (AvgIpc) is 2.49. The van der Waals surface area contributed by atoms with Gasteiger partial charge in [-0.3, -0.25) is 9.20 Å². The van der Waals surface area contributed by atoms with Crippen LogP contribution in [0, 0.1) is 6.92 Å². The zero-order chi connectivity index (χ0) is 10.1. The number of hydrogen-bond donors (Lipinski definition) is 1. The SMILES string of the molecule is Cc1cccc2nnc(CC(=O)O)n12. The maximum Gasteiger partial charge on any atom is 0.311 e. The quantitative estimate of drug-likeness (QED) is 0.757. The van der Waals surface area contributed by atoms with Crippen LogP contribution in [0.5, 0.6) is 0 Å². The first-order valence-corrected chi connectivity index (χ1v) is 4.20. The summed E-state index contributed by atoms with van der Waals surface area (Å²) < 4.78 is 1.74. The Morgan fingerprint density at radius 3 is 3.00 bits per heavy atom. The van der Waals surface area contributed by atoms with E-state index in [2.05, 4.69) is 10.2 Å². The van der Waals surface area contributed by atoms with Gasteiger partial charge in [-0.05, 0) is 19.1 Å². The minimum Gasteiger partial charge on any atom is -0.481 e. The maximum absolute atomic E-state index is 10.5. The molecule has 0 aliphatic heterocycles. The molecule has 14 heavy (non-hydrogen) atoms. The minimum absolute atomic E-state index is 0.105. The van der Waals surface area contributed by atoms with E-state index >= 15 is 0 Å². The Kier molecular flexibility index (Phi) is 1.92. The van der Waals surface area contributed by atoms with Gasteiger partial charge in [0.05, 0.1) is 0 Å². The van der Waals surface area contributed by atoms with Crippen molar-refractivity contribution in [2.24, 2.45) is 0 Å². The van der Waals surface area contributed by atoms with Gasteiger partial charge in [0.1, 0.15) is 12.2 Å². The van der Waals surface area contributed by atoms with Crippen LogP contribution in [0.25, 0.3) is 5.65 Å². The Bertz CT molecular complexity index is 490. The zero-order valence-corrected chi connectivity index (χ0v) is 7.64. The summed E-state index contributed by atoms with van der Waals surface area (Å²) in [6, 6.07) is 5.55. The van der Waals surface area contributed by atoms with Crippen LogP contribution in [0.3, 0.4) is 0 Å². The third kappa shape index (κ3) is 1.32. The Labute approximate surface area is 80.0 Å². The molecule has 1 N–H and O–H groups in total. The highest BCUT2D eigenvalue weighted by atomic mass is 16.4. The van der Waals surface area contributed by atoms with E-state index in [0.29, 0.717) is 11.5 Å². The summed E-state index contributed by atoms with van der Waals surface area (Å²) in [5.41, 5.74) is 1.62. The van der Waals surface area contributed by atoms with Gasteiger partial charge in [0.25, 0.3) is 0 Å². The predicted octanol–water partition coefficient (Wildman–Crippen LogP) is 0.665. The Morgan fingerprint density at radius 2 is 2.29 bits per heavy atom. The number of aliphatic carboxylic acids is 1. The van der Waals surface area contributed by atoms with Crippen molar-refractivity contribution >= 4 is 11.6 Å². The van der Waals surface area contributed by atoms with Gasteiger partial charge in [-0.1, -0.05) is 6.07 Å². The van der Waals surface area contributed by atoms with E-state index in [-0.39, 0.29) is 6.42 Å². The number of aryl methyl sites for hydroxylation is 1. The smallest absolute Gasteiger partial charge is 0.311 e. The molecule has 2 aromatic heterocycles. The molecule has 2 heterocycles. The van der Waals surface area contributed by atoms with Crippen LogP contribution >= 0.6 is 0 Å². The Hall–Kier alpha value is -1.91. The van der Waals surface area contributed by atoms with Gasteiger partial charge in [0.15, 0.2) is 5.65 Å². The predicted molar refractivity (Wildman–Crippen MR) is 49.1 cm³/mol. The maximum atomic E-state index is 10.5. The molecule has 0 amide bonds. The second kappa shape index (κ2) is 3.10. The van der Waals surface area contributed by atoms with E-state index in [9.17, 15) is 4.79 Å². The Balaban J connectivity index is 2.61. The fourth-order valence-electron chi connectivity index (χ4n) is 1.42. The lowest BCUT2D eigenvalue weighted by molar-refractivity contribution is -0.136. The van der Waals surface area contributed by atoms with Crippen molar-refractivity contribution in [1.82, 2.24) is 14.6 Å². The molecule has 0 saturated heterocycles. The third-order valence-electron chi connectivity index (χ3n) is 2.00. The van der Waals surface area contributed by atoms with E-state index in [1.54, 1.807) is 10.5 Å². The highest BCUT2D eigenvalue weighted by Gasteiger charge is 2.09. The number of nitrogens with zero attached hydrogens (tertiary/aromatic N) is 3. The summed E-state index contributed by atoms with van der Waals surface area (Å²) in [4.78, 5) is 10.5. The molecule has 72 valence electrons. The third-order valence-corrected chi connectivity index (χ3v) is 2.00. The summed E-state index contributed by atoms with van der Waals surface area (Å²) in [5.74, 6) is -0.437. The number of rotatable bonds is 2. The molecule has 0 unspecified atom stereocenters. The van der Waals surface area contributed by atoms with Crippen LogP contribution in [-0.2, 0) is 11.2 Å². The molecular formula is C9H9N3O2. The molecule has 0 fully saturated rings. The van der Waals surface area contributed by atoms with Crippen molar-refractivity contribution in [3.8, 4) is 0 Å². The second-order valence-electron chi connectivity index (χ2n) is 3.05. The fourth-order valence-corrected chi connectivity index (χ4v) is 1.42. The molecule has 0 aliphatic rings. The summed E-state index contributed by atoms with van der Waals surface area (Å²) in [5, 5.41) is 16.4. The summed E-state index contributed by atoms with van der Waals surface area (Å²) in [7, 11) is 0. The van der Waals surface area contributed by atoms with Crippen molar-refractivity contribution < 1.29 is 9.90 Å². The van der Waals surface area contributed by atoms with Gasteiger partial charge < -0.3 is 5.11 Å². The molecule has 0 aromatic carbocycles.